The Kier molecular flexibility index (Phi) is 5.90. The summed E-state index contributed by atoms with van der Waals surface area (Å²) in [7, 11) is 3.31. The molecule has 0 spiro atoms. The van der Waals surface area contributed by atoms with Crippen LogP contribution in [0.4, 0.5) is 0 Å². The molecule has 3 nitrogen and oxygen atoms in total. The molecule has 0 radical (unpaired) electrons. The maximum absolute atomic E-state index is 9.64. The molecule has 90 valence electrons. The fourth-order valence-electron chi connectivity index (χ4n) is 1.52. The minimum absolute atomic E-state index is 0.276. The Morgan fingerprint density at radius 2 is 1.81 bits per heavy atom. The molecule has 1 unspecified atom stereocenters. The van der Waals surface area contributed by atoms with Crippen LogP contribution in [0.3, 0.4) is 0 Å². The predicted molar refractivity (Wildman–Crippen MR) is 63.8 cm³/mol. The standard InChI is InChI=1S/C13H20O3/c1-15-10-9-12(14)6-3-11-4-7-13(16-2)8-5-11/h4-5,7-8,12,14H,3,6,9-10H2,1-2H3. The first-order valence-electron chi connectivity index (χ1n) is 5.56. The van der Waals surface area contributed by atoms with Crippen LogP contribution >= 0.6 is 0 Å². The molecule has 0 aliphatic carbocycles. The van der Waals surface area contributed by atoms with Crippen molar-refractivity contribution in [2.24, 2.45) is 0 Å². The summed E-state index contributed by atoms with van der Waals surface area (Å²) in [6.07, 6.45) is 2.08. The Hall–Kier alpha value is -1.06. The van der Waals surface area contributed by atoms with Crippen molar-refractivity contribution in [3.05, 3.63) is 29.8 Å². The molecule has 1 atom stereocenters. The summed E-state index contributed by atoms with van der Waals surface area (Å²) in [6, 6.07) is 7.94. The average molecular weight is 224 g/mol. The Morgan fingerprint density at radius 1 is 1.12 bits per heavy atom. The van der Waals surface area contributed by atoms with Gasteiger partial charge in [0.1, 0.15) is 5.75 Å². The number of aliphatic hydroxyl groups is 1. The summed E-state index contributed by atoms with van der Waals surface area (Å²) in [5.41, 5.74) is 1.22. The Morgan fingerprint density at radius 3 is 2.38 bits per heavy atom. The molecule has 0 saturated heterocycles. The highest BCUT2D eigenvalue weighted by molar-refractivity contribution is 5.27. The summed E-state index contributed by atoms with van der Waals surface area (Å²) >= 11 is 0. The van der Waals surface area contributed by atoms with E-state index in [0.717, 1.165) is 18.6 Å². The smallest absolute Gasteiger partial charge is 0.118 e. The normalized spacial score (nSPS) is 12.4. The molecule has 16 heavy (non-hydrogen) atoms. The molecule has 1 rings (SSSR count). The highest BCUT2D eigenvalue weighted by Gasteiger charge is 2.04. The van der Waals surface area contributed by atoms with Gasteiger partial charge in [-0.05, 0) is 37.0 Å². The van der Waals surface area contributed by atoms with E-state index in [1.54, 1.807) is 14.2 Å². The van der Waals surface area contributed by atoms with E-state index in [2.05, 4.69) is 0 Å². The summed E-state index contributed by atoms with van der Waals surface area (Å²) in [5.74, 6) is 0.865. The van der Waals surface area contributed by atoms with Crippen LogP contribution in [0.25, 0.3) is 0 Å². The summed E-state index contributed by atoms with van der Waals surface area (Å²) in [4.78, 5) is 0. The summed E-state index contributed by atoms with van der Waals surface area (Å²) in [6.45, 7) is 0.615. The molecule has 0 aromatic heterocycles. The Balaban J connectivity index is 2.30. The van der Waals surface area contributed by atoms with E-state index in [4.69, 9.17) is 9.47 Å². The molecule has 0 aliphatic heterocycles. The second-order valence-corrected chi connectivity index (χ2v) is 3.82. The van der Waals surface area contributed by atoms with Crippen molar-refractivity contribution in [2.75, 3.05) is 20.8 Å². The van der Waals surface area contributed by atoms with Crippen LogP contribution in [0.2, 0.25) is 0 Å². The van der Waals surface area contributed by atoms with Gasteiger partial charge in [0.05, 0.1) is 13.2 Å². The lowest BCUT2D eigenvalue weighted by Gasteiger charge is -2.09. The third-order valence-corrected chi connectivity index (χ3v) is 2.58. The minimum Gasteiger partial charge on any atom is -0.497 e. The second kappa shape index (κ2) is 7.25. The number of methoxy groups -OCH3 is 2. The molecular weight excluding hydrogens is 204 g/mol. The first-order chi connectivity index (χ1) is 7.76. The molecule has 0 fully saturated rings. The van der Waals surface area contributed by atoms with Crippen molar-refractivity contribution in [2.45, 2.75) is 25.4 Å². The van der Waals surface area contributed by atoms with E-state index >= 15 is 0 Å². The number of hydrogen-bond donors (Lipinski definition) is 1. The maximum atomic E-state index is 9.64. The number of hydrogen-bond acceptors (Lipinski definition) is 3. The predicted octanol–water partition coefficient (Wildman–Crippen LogP) is 2.03. The monoisotopic (exact) mass is 224 g/mol. The third kappa shape index (κ3) is 4.64. The largest absolute Gasteiger partial charge is 0.497 e. The second-order valence-electron chi connectivity index (χ2n) is 3.82. The first-order valence-corrected chi connectivity index (χ1v) is 5.56. The summed E-state index contributed by atoms with van der Waals surface area (Å²) < 4.78 is 10.0. The van der Waals surface area contributed by atoms with Crippen molar-refractivity contribution in [1.29, 1.82) is 0 Å². The zero-order chi connectivity index (χ0) is 11.8. The zero-order valence-electron chi connectivity index (χ0n) is 9.98. The van der Waals surface area contributed by atoms with Gasteiger partial charge in [0.25, 0.3) is 0 Å². The first kappa shape index (κ1) is 13.0. The average Bonchev–Trinajstić information content (AvgIpc) is 2.34. The Bertz CT molecular complexity index is 282. The van der Waals surface area contributed by atoms with E-state index < -0.39 is 0 Å². The van der Waals surface area contributed by atoms with Crippen molar-refractivity contribution >= 4 is 0 Å². The number of rotatable bonds is 7. The molecule has 0 amide bonds. The van der Waals surface area contributed by atoms with Crippen LogP contribution in [-0.4, -0.2) is 32.0 Å². The molecule has 0 bridgehead atoms. The van der Waals surface area contributed by atoms with E-state index in [1.807, 2.05) is 24.3 Å². The van der Waals surface area contributed by atoms with Gasteiger partial charge in [-0.15, -0.1) is 0 Å². The lowest BCUT2D eigenvalue weighted by atomic mass is 10.1. The quantitative estimate of drug-likeness (QED) is 0.770. The number of aliphatic hydroxyl groups excluding tert-OH is 1. The number of aryl methyl sites for hydroxylation is 1. The zero-order valence-corrected chi connectivity index (χ0v) is 9.98. The van der Waals surface area contributed by atoms with Gasteiger partial charge in [-0.2, -0.15) is 0 Å². The third-order valence-electron chi connectivity index (χ3n) is 2.58. The number of ether oxygens (including phenoxy) is 2. The van der Waals surface area contributed by atoms with Crippen molar-refractivity contribution in [3.8, 4) is 5.75 Å². The lowest BCUT2D eigenvalue weighted by molar-refractivity contribution is 0.104. The van der Waals surface area contributed by atoms with Crippen molar-refractivity contribution < 1.29 is 14.6 Å². The summed E-state index contributed by atoms with van der Waals surface area (Å²) in [5, 5.41) is 9.64. The van der Waals surface area contributed by atoms with E-state index in [0.29, 0.717) is 13.0 Å². The van der Waals surface area contributed by atoms with Gasteiger partial charge < -0.3 is 14.6 Å². The molecule has 1 aromatic rings. The molecule has 0 aliphatic rings. The van der Waals surface area contributed by atoms with E-state index in [-0.39, 0.29) is 6.10 Å². The molecular formula is C13H20O3. The van der Waals surface area contributed by atoms with Gasteiger partial charge in [0.2, 0.25) is 0 Å². The van der Waals surface area contributed by atoms with Gasteiger partial charge >= 0.3 is 0 Å². The van der Waals surface area contributed by atoms with Gasteiger partial charge in [0, 0.05) is 13.7 Å². The Labute approximate surface area is 97.0 Å². The van der Waals surface area contributed by atoms with Gasteiger partial charge in [-0.25, -0.2) is 0 Å². The van der Waals surface area contributed by atoms with Crippen LogP contribution in [-0.2, 0) is 11.2 Å². The fourth-order valence-corrected chi connectivity index (χ4v) is 1.52. The van der Waals surface area contributed by atoms with E-state index in [9.17, 15) is 5.11 Å². The van der Waals surface area contributed by atoms with Crippen LogP contribution in [0.5, 0.6) is 5.75 Å². The number of benzene rings is 1. The lowest BCUT2D eigenvalue weighted by Crippen LogP contribution is -2.10. The minimum atomic E-state index is -0.276. The van der Waals surface area contributed by atoms with Crippen LogP contribution in [0, 0.1) is 0 Å². The topological polar surface area (TPSA) is 38.7 Å². The maximum Gasteiger partial charge on any atom is 0.118 e. The van der Waals surface area contributed by atoms with Crippen LogP contribution in [0.15, 0.2) is 24.3 Å². The SMILES string of the molecule is COCCC(O)CCc1ccc(OC)cc1. The van der Waals surface area contributed by atoms with Crippen molar-refractivity contribution in [1.82, 2.24) is 0 Å². The van der Waals surface area contributed by atoms with Crippen LogP contribution in [0.1, 0.15) is 18.4 Å². The van der Waals surface area contributed by atoms with Gasteiger partial charge in [-0.1, -0.05) is 12.1 Å². The molecule has 3 heteroatoms. The van der Waals surface area contributed by atoms with E-state index in [1.165, 1.54) is 5.56 Å². The molecule has 0 saturated carbocycles. The highest BCUT2D eigenvalue weighted by Crippen LogP contribution is 2.13. The van der Waals surface area contributed by atoms with Gasteiger partial charge in [-0.3, -0.25) is 0 Å². The molecule has 0 heterocycles. The molecule has 1 N–H and O–H groups in total. The van der Waals surface area contributed by atoms with Crippen LogP contribution < -0.4 is 4.74 Å². The fraction of sp³-hybridized carbons (Fsp3) is 0.538. The van der Waals surface area contributed by atoms with Gasteiger partial charge in [0.15, 0.2) is 0 Å². The highest BCUT2D eigenvalue weighted by atomic mass is 16.5. The van der Waals surface area contributed by atoms with Crippen molar-refractivity contribution in [3.63, 3.8) is 0 Å². The molecule has 1 aromatic carbocycles.